The van der Waals surface area contributed by atoms with Crippen LogP contribution in [0.15, 0.2) is 42.6 Å². The summed E-state index contributed by atoms with van der Waals surface area (Å²) in [5.41, 5.74) is 0.665. The molecular formula is C18H18FN3O4. The Labute approximate surface area is 149 Å². The minimum absolute atomic E-state index is 0.158. The van der Waals surface area contributed by atoms with Crippen molar-refractivity contribution in [3.05, 3.63) is 48.4 Å². The minimum atomic E-state index is -0.587. The fourth-order valence-electron chi connectivity index (χ4n) is 2.73. The van der Waals surface area contributed by atoms with Crippen molar-refractivity contribution in [2.24, 2.45) is 0 Å². The highest BCUT2D eigenvalue weighted by atomic mass is 19.1. The Kier molecular flexibility index (Phi) is 5.01. The highest BCUT2D eigenvalue weighted by molar-refractivity contribution is 6.00. The number of carbonyl (C=O) groups excluding carboxylic acids is 3. The van der Waals surface area contributed by atoms with Gasteiger partial charge in [-0.1, -0.05) is 6.08 Å². The normalized spacial score (nSPS) is 19.5. The number of rotatable bonds is 4. The van der Waals surface area contributed by atoms with Crippen molar-refractivity contribution < 1.29 is 23.5 Å². The summed E-state index contributed by atoms with van der Waals surface area (Å²) in [6.07, 6.45) is 4.89. The van der Waals surface area contributed by atoms with Crippen molar-refractivity contribution in [3.63, 3.8) is 0 Å². The summed E-state index contributed by atoms with van der Waals surface area (Å²) in [5, 5.41) is 2.59. The van der Waals surface area contributed by atoms with Gasteiger partial charge in [-0.3, -0.25) is 14.5 Å². The predicted octanol–water partition coefficient (Wildman–Crippen LogP) is 1.75. The van der Waals surface area contributed by atoms with E-state index in [0.29, 0.717) is 17.9 Å². The van der Waals surface area contributed by atoms with Crippen molar-refractivity contribution in [1.29, 1.82) is 0 Å². The Bertz CT molecular complexity index is 806. The number of benzene rings is 1. The molecule has 0 unspecified atom stereocenters. The first-order valence-corrected chi connectivity index (χ1v) is 8.11. The topological polar surface area (TPSA) is 79.0 Å². The molecule has 1 saturated heterocycles. The van der Waals surface area contributed by atoms with E-state index < -0.39 is 18.0 Å². The molecule has 0 aliphatic carbocycles. The van der Waals surface area contributed by atoms with Gasteiger partial charge in [-0.05, 0) is 24.3 Å². The van der Waals surface area contributed by atoms with Crippen LogP contribution in [-0.4, -0.2) is 43.5 Å². The monoisotopic (exact) mass is 359 g/mol. The SMILES string of the molecule is CC(=O)NC[C@H]1CN(c2ccc(N3C=CC(=O)C=CC3)c(F)c2)C(=O)O1. The van der Waals surface area contributed by atoms with Gasteiger partial charge in [0, 0.05) is 25.7 Å². The number of anilines is 2. The number of ketones is 1. The van der Waals surface area contributed by atoms with Crippen molar-refractivity contribution in [2.75, 3.05) is 29.4 Å². The number of allylic oxidation sites excluding steroid dienone is 2. The Balaban J connectivity index is 1.74. The van der Waals surface area contributed by atoms with Crippen LogP contribution in [-0.2, 0) is 14.3 Å². The summed E-state index contributed by atoms with van der Waals surface area (Å²) >= 11 is 0. The molecule has 1 N–H and O–H groups in total. The van der Waals surface area contributed by atoms with Gasteiger partial charge in [0.15, 0.2) is 5.78 Å². The fourth-order valence-corrected chi connectivity index (χ4v) is 2.73. The quantitative estimate of drug-likeness (QED) is 0.886. The van der Waals surface area contributed by atoms with E-state index in [4.69, 9.17) is 4.74 Å². The van der Waals surface area contributed by atoms with Gasteiger partial charge in [0.1, 0.15) is 11.9 Å². The van der Waals surface area contributed by atoms with Crippen LogP contribution in [0.2, 0.25) is 0 Å². The largest absolute Gasteiger partial charge is 0.442 e. The first-order valence-electron chi connectivity index (χ1n) is 8.11. The lowest BCUT2D eigenvalue weighted by Crippen LogP contribution is -2.33. The van der Waals surface area contributed by atoms with E-state index in [2.05, 4.69) is 5.32 Å². The van der Waals surface area contributed by atoms with Gasteiger partial charge in [-0.25, -0.2) is 9.18 Å². The van der Waals surface area contributed by atoms with Crippen LogP contribution in [0.25, 0.3) is 0 Å². The molecule has 0 bridgehead atoms. The Morgan fingerprint density at radius 3 is 2.88 bits per heavy atom. The summed E-state index contributed by atoms with van der Waals surface area (Å²) in [7, 11) is 0. The van der Waals surface area contributed by atoms with Crippen molar-refractivity contribution >= 4 is 29.2 Å². The zero-order valence-corrected chi connectivity index (χ0v) is 14.1. The van der Waals surface area contributed by atoms with Gasteiger partial charge in [-0.2, -0.15) is 0 Å². The average molecular weight is 359 g/mol. The van der Waals surface area contributed by atoms with Crippen LogP contribution >= 0.6 is 0 Å². The highest BCUT2D eigenvalue weighted by Gasteiger charge is 2.32. The molecule has 1 atom stereocenters. The number of hydrogen-bond acceptors (Lipinski definition) is 5. The molecule has 0 radical (unpaired) electrons. The maximum Gasteiger partial charge on any atom is 0.414 e. The van der Waals surface area contributed by atoms with Crippen LogP contribution in [0.5, 0.6) is 0 Å². The van der Waals surface area contributed by atoms with Crippen LogP contribution in [0.3, 0.4) is 0 Å². The van der Waals surface area contributed by atoms with Gasteiger partial charge in [0.2, 0.25) is 5.91 Å². The molecule has 136 valence electrons. The maximum absolute atomic E-state index is 14.6. The van der Waals surface area contributed by atoms with Crippen LogP contribution in [0, 0.1) is 5.82 Å². The lowest BCUT2D eigenvalue weighted by molar-refractivity contribution is -0.119. The lowest BCUT2D eigenvalue weighted by atomic mass is 10.2. The first-order chi connectivity index (χ1) is 12.4. The second-order valence-corrected chi connectivity index (χ2v) is 5.96. The number of carbonyl (C=O) groups is 3. The molecule has 2 aliphatic heterocycles. The van der Waals surface area contributed by atoms with Gasteiger partial charge in [0.25, 0.3) is 0 Å². The van der Waals surface area contributed by atoms with Gasteiger partial charge in [-0.15, -0.1) is 0 Å². The molecule has 1 aromatic rings. The molecule has 8 heteroatoms. The van der Waals surface area contributed by atoms with Gasteiger partial charge in [0.05, 0.1) is 24.5 Å². The molecule has 0 aromatic heterocycles. The summed E-state index contributed by atoms with van der Waals surface area (Å²) in [4.78, 5) is 37.2. The highest BCUT2D eigenvalue weighted by Crippen LogP contribution is 2.28. The summed E-state index contributed by atoms with van der Waals surface area (Å²) in [6.45, 7) is 2.17. The first kappa shape index (κ1) is 17.7. The van der Waals surface area contributed by atoms with E-state index in [1.165, 1.54) is 36.2 Å². The molecular weight excluding hydrogens is 341 g/mol. The zero-order valence-electron chi connectivity index (χ0n) is 14.1. The molecule has 2 heterocycles. The average Bonchev–Trinajstić information content (AvgIpc) is 2.83. The third-order valence-corrected chi connectivity index (χ3v) is 4.01. The number of amides is 2. The third kappa shape index (κ3) is 3.90. The molecule has 0 saturated carbocycles. The third-order valence-electron chi connectivity index (χ3n) is 4.01. The van der Waals surface area contributed by atoms with Gasteiger partial charge < -0.3 is 15.0 Å². The molecule has 0 spiro atoms. The van der Waals surface area contributed by atoms with E-state index in [9.17, 15) is 18.8 Å². The number of nitrogens with one attached hydrogen (secondary N) is 1. The molecule has 2 amide bonds. The standard InChI is InChI=1S/C18H18FN3O4/c1-12(23)20-10-15-11-22(18(25)26-15)13-4-5-17(16(19)9-13)21-7-2-3-14(24)6-8-21/h2-6,8-9,15H,7,10-11H2,1H3,(H,20,23)/t15-/m0/s1. The Morgan fingerprint density at radius 2 is 2.15 bits per heavy atom. The molecule has 1 aromatic carbocycles. The fraction of sp³-hybridized carbons (Fsp3) is 0.278. The summed E-state index contributed by atoms with van der Waals surface area (Å²) in [5.74, 6) is -0.893. The second kappa shape index (κ2) is 7.38. The number of ether oxygens (including phenoxy) is 1. The van der Waals surface area contributed by atoms with Crippen LogP contribution in [0.1, 0.15) is 6.92 Å². The molecule has 1 fully saturated rings. The smallest absolute Gasteiger partial charge is 0.414 e. The van der Waals surface area contributed by atoms with Gasteiger partial charge >= 0.3 is 6.09 Å². The van der Waals surface area contributed by atoms with Crippen LogP contribution < -0.4 is 15.1 Å². The Hall–Kier alpha value is -3.16. The van der Waals surface area contributed by atoms with E-state index in [1.807, 2.05) is 0 Å². The van der Waals surface area contributed by atoms with E-state index in [1.54, 1.807) is 23.1 Å². The number of nitrogens with zero attached hydrogens (tertiary/aromatic N) is 2. The number of cyclic esters (lactones) is 1. The van der Waals surface area contributed by atoms with Crippen molar-refractivity contribution in [3.8, 4) is 0 Å². The van der Waals surface area contributed by atoms with Crippen LogP contribution in [0.4, 0.5) is 20.6 Å². The van der Waals surface area contributed by atoms with E-state index in [0.717, 1.165) is 0 Å². The molecule has 7 nitrogen and oxygen atoms in total. The molecule has 3 rings (SSSR count). The maximum atomic E-state index is 14.6. The zero-order chi connectivity index (χ0) is 18.7. The molecule has 2 aliphatic rings. The van der Waals surface area contributed by atoms with E-state index >= 15 is 0 Å². The molecule has 26 heavy (non-hydrogen) atoms. The Morgan fingerprint density at radius 1 is 1.35 bits per heavy atom. The number of hydrogen-bond donors (Lipinski definition) is 1. The van der Waals surface area contributed by atoms with E-state index in [-0.39, 0.29) is 24.8 Å². The second-order valence-electron chi connectivity index (χ2n) is 5.96. The summed E-state index contributed by atoms with van der Waals surface area (Å²) < 4.78 is 19.8. The predicted molar refractivity (Wildman–Crippen MR) is 93.3 cm³/mol. The number of halogens is 1. The summed E-state index contributed by atoms with van der Waals surface area (Å²) in [6, 6.07) is 4.42. The minimum Gasteiger partial charge on any atom is -0.442 e. The van der Waals surface area contributed by atoms with Crippen molar-refractivity contribution in [1.82, 2.24) is 5.32 Å². The lowest BCUT2D eigenvalue weighted by Gasteiger charge is -2.20. The van der Waals surface area contributed by atoms with Crippen molar-refractivity contribution in [2.45, 2.75) is 13.0 Å².